The minimum Gasteiger partial charge on any atom is -0.508 e. The fourth-order valence-electron chi connectivity index (χ4n) is 2.53. The largest absolute Gasteiger partial charge is 0.508 e. The molecule has 14 nitrogen and oxygen atoms in total. The van der Waals surface area contributed by atoms with Crippen LogP contribution in [0, 0.1) is 0 Å². The van der Waals surface area contributed by atoms with Crippen LogP contribution < -0.4 is 16.1 Å². The zero-order valence-electron chi connectivity index (χ0n) is 17.3. The number of nitrogens with two attached hydrogens (primary N) is 1. The molecular weight excluding hydrogens is 498 g/mol. The maximum atomic E-state index is 11.0. The van der Waals surface area contributed by atoms with E-state index in [1.807, 2.05) is 0 Å². The number of hydrogen-bond donors (Lipinski definition) is 10. The second kappa shape index (κ2) is 12.1. The molecule has 2 aromatic carbocycles. The van der Waals surface area contributed by atoms with Crippen LogP contribution in [-0.4, -0.2) is 64.0 Å². The predicted molar refractivity (Wildman–Crippen MR) is 118 cm³/mol. The quantitative estimate of drug-likeness (QED) is 0.181. The Labute approximate surface area is 192 Å². The van der Waals surface area contributed by atoms with E-state index in [9.17, 15) is 23.8 Å². The molecule has 16 heteroatoms. The van der Waals surface area contributed by atoms with Gasteiger partial charge in [0.25, 0.3) is 0 Å². The summed E-state index contributed by atoms with van der Waals surface area (Å²) in [5.41, 5.74) is 6.16. The highest BCUT2D eigenvalue weighted by Crippen LogP contribution is 2.37. The van der Waals surface area contributed by atoms with Gasteiger partial charge in [-0.3, -0.25) is 14.2 Å². The molecule has 0 fully saturated rings. The van der Waals surface area contributed by atoms with Crippen molar-refractivity contribution in [3.63, 3.8) is 0 Å². The van der Waals surface area contributed by atoms with Gasteiger partial charge in [0.05, 0.1) is 0 Å². The number of aliphatic carboxylic acids is 2. The van der Waals surface area contributed by atoms with Gasteiger partial charge in [0.2, 0.25) is 0 Å². The Morgan fingerprint density at radius 1 is 0.853 bits per heavy atom. The number of benzene rings is 2. The van der Waals surface area contributed by atoms with Gasteiger partial charge in [-0.1, -0.05) is 18.2 Å². The molecule has 0 radical (unpaired) electrons. The van der Waals surface area contributed by atoms with Crippen molar-refractivity contribution in [1.82, 2.24) is 5.09 Å². The van der Waals surface area contributed by atoms with Gasteiger partial charge in [-0.25, -0.2) is 9.65 Å². The van der Waals surface area contributed by atoms with Crippen molar-refractivity contribution in [3.8, 4) is 11.5 Å². The Balaban J connectivity index is 0.000000340. The van der Waals surface area contributed by atoms with Crippen LogP contribution in [-0.2, 0) is 31.6 Å². The van der Waals surface area contributed by atoms with Crippen LogP contribution in [0.25, 0.3) is 0 Å². The molecule has 2 rings (SSSR count). The van der Waals surface area contributed by atoms with Crippen LogP contribution >= 0.6 is 15.3 Å². The zero-order valence-corrected chi connectivity index (χ0v) is 19.1. The zero-order chi connectivity index (χ0) is 26.3. The molecule has 34 heavy (non-hydrogen) atoms. The first-order chi connectivity index (χ1) is 15.5. The van der Waals surface area contributed by atoms with Crippen molar-refractivity contribution < 1.29 is 58.7 Å². The van der Waals surface area contributed by atoms with Crippen LogP contribution in [0.3, 0.4) is 0 Å². The number of nitrogens with one attached hydrogen (secondary N) is 1. The number of carboxylic acids is 2. The molecule has 11 N–H and O–H groups in total. The van der Waals surface area contributed by atoms with E-state index in [1.54, 1.807) is 5.09 Å². The highest BCUT2D eigenvalue weighted by Gasteiger charge is 2.26. The number of rotatable bonds is 9. The summed E-state index contributed by atoms with van der Waals surface area (Å²) in [5.74, 6) is -3.08. The molecule has 0 saturated heterocycles. The van der Waals surface area contributed by atoms with Gasteiger partial charge in [-0.05, 0) is 48.2 Å². The average molecular weight is 522 g/mol. The van der Waals surface area contributed by atoms with E-state index in [0.717, 1.165) is 12.1 Å². The Hall–Kier alpha value is -2.80. The van der Waals surface area contributed by atoms with E-state index in [0.29, 0.717) is 11.1 Å². The van der Waals surface area contributed by atoms with Gasteiger partial charge in [0.15, 0.2) is 0 Å². The minimum absolute atomic E-state index is 0.0311. The summed E-state index contributed by atoms with van der Waals surface area (Å²) in [4.78, 5) is 56.5. The summed E-state index contributed by atoms with van der Waals surface area (Å²) in [6.45, 7) is 0. The predicted octanol–water partition coefficient (Wildman–Crippen LogP) is -0.780. The lowest BCUT2D eigenvalue weighted by Gasteiger charge is -2.15. The summed E-state index contributed by atoms with van der Waals surface area (Å²) >= 11 is 0. The molecule has 2 aromatic rings. The fraction of sp³-hybridized carbons (Fsp3) is 0.222. The van der Waals surface area contributed by atoms with E-state index in [4.69, 9.17) is 40.6 Å². The Morgan fingerprint density at radius 2 is 1.38 bits per heavy atom. The lowest BCUT2D eigenvalue weighted by atomic mass is 10.1. The van der Waals surface area contributed by atoms with Gasteiger partial charge in [-0.15, -0.1) is 0 Å². The number of carbonyl (C=O) groups is 2. The van der Waals surface area contributed by atoms with Gasteiger partial charge in [0.1, 0.15) is 28.9 Å². The average Bonchev–Trinajstić information content (AvgIpc) is 2.69. The van der Waals surface area contributed by atoms with Crippen LogP contribution in [0.2, 0.25) is 0 Å². The molecule has 0 heterocycles. The number of hydrogen-bond acceptors (Lipinski definition) is 7. The van der Waals surface area contributed by atoms with E-state index in [1.165, 1.54) is 30.3 Å². The van der Waals surface area contributed by atoms with Gasteiger partial charge in [0, 0.05) is 0 Å². The van der Waals surface area contributed by atoms with Gasteiger partial charge < -0.3 is 45.7 Å². The van der Waals surface area contributed by atoms with Gasteiger partial charge in [-0.2, -0.15) is 0 Å². The standard InChI is InChI=1S/2C9H12NO6P/c11-7-3-1-6(2-4-7)5-8(9(12)13)10-17(14,15)16;10-6(9(12)13)3-5-1-2-7(11)8(4-5)17(14,15)16/h1-4,8,11H,5H2,(H,12,13)(H3,10,14,15,16);1-2,4,6,11H,3,10H2,(H,12,13)(H2,14,15,16). The van der Waals surface area contributed by atoms with E-state index < -0.39 is 50.4 Å². The van der Waals surface area contributed by atoms with Crippen molar-refractivity contribution >= 4 is 32.6 Å². The summed E-state index contributed by atoms with van der Waals surface area (Å²) < 4.78 is 21.7. The normalized spacial score (nSPS) is 13.3. The maximum absolute atomic E-state index is 11.0. The van der Waals surface area contributed by atoms with Crippen LogP contribution in [0.1, 0.15) is 11.1 Å². The van der Waals surface area contributed by atoms with Crippen LogP contribution in [0.4, 0.5) is 0 Å². The third-order valence-corrected chi connectivity index (χ3v) is 5.76. The first kappa shape index (κ1) is 29.2. The van der Waals surface area contributed by atoms with Crippen molar-refractivity contribution in [2.45, 2.75) is 24.9 Å². The van der Waals surface area contributed by atoms with Crippen molar-refractivity contribution in [2.24, 2.45) is 5.73 Å². The number of carboxylic acid groups (broad SMARTS) is 2. The highest BCUT2D eigenvalue weighted by atomic mass is 31.2. The second-order valence-electron chi connectivity index (χ2n) is 6.95. The summed E-state index contributed by atoms with van der Waals surface area (Å²) in [6.07, 6.45) is -0.177. The lowest BCUT2D eigenvalue weighted by Crippen LogP contribution is -2.36. The number of aromatic hydroxyl groups is 2. The number of phenolic OH excluding ortho intramolecular Hbond substituents is 2. The molecular formula is C18H24N2O12P2. The Kier molecular flexibility index (Phi) is 10.4. The first-order valence-corrected chi connectivity index (χ1v) is 12.4. The molecule has 188 valence electrons. The van der Waals surface area contributed by atoms with E-state index >= 15 is 0 Å². The van der Waals surface area contributed by atoms with Crippen molar-refractivity contribution in [2.75, 3.05) is 0 Å². The van der Waals surface area contributed by atoms with Crippen molar-refractivity contribution in [1.29, 1.82) is 0 Å². The Morgan fingerprint density at radius 3 is 1.82 bits per heavy atom. The second-order valence-corrected chi connectivity index (χ2v) is 9.87. The van der Waals surface area contributed by atoms with Crippen LogP contribution in [0.15, 0.2) is 42.5 Å². The molecule has 2 atom stereocenters. The molecule has 0 spiro atoms. The summed E-state index contributed by atoms with van der Waals surface area (Å²) in [7, 11) is -9.19. The van der Waals surface area contributed by atoms with E-state index in [2.05, 4.69) is 0 Å². The first-order valence-electron chi connectivity index (χ1n) is 9.20. The third-order valence-electron chi connectivity index (χ3n) is 4.12. The molecule has 2 unspecified atom stereocenters. The summed E-state index contributed by atoms with van der Waals surface area (Å²) in [5, 5.41) is 36.9. The Bertz CT molecular complexity index is 1100. The third kappa shape index (κ3) is 10.4. The molecule has 0 aliphatic heterocycles. The maximum Gasteiger partial charge on any atom is 0.401 e. The minimum atomic E-state index is -4.60. The summed E-state index contributed by atoms with van der Waals surface area (Å²) in [6, 6.07) is 6.65. The van der Waals surface area contributed by atoms with Gasteiger partial charge >= 0.3 is 27.3 Å². The van der Waals surface area contributed by atoms with E-state index in [-0.39, 0.29) is 18.6 Å². The molecule has 0 saturated carbocycles. The molecule has 0 bridgehead atoms. The highest BCUT2D eigenvalue weighted by molar-refractivity contribution is 7.60. The topological polar surface area (TPSA) is 268 Å². The molecule has 0 aromatic heterocycles. The fourth-order valence-corrected chi connectivity index (χ4v) is 3.84. The number of phenols is 2. The molecule has 0 aliphatic rings. The lowest BCUT2D eigenvalue weighted by molar-refractivity contribution is -0.139. The smallest absolute Gasteiger partial charge is 0.401 e. The van der Waals surface area contributed by atoms with Crippen LogP contribution in [0.5, 0.6) is 11.5 Å². The monoisotopic (exact) mass is 522 g/mol. The molecule has 0 amide bonds. The SMILES string of the molecule is NC(Cc1ccc(O)c(P(=O)(O)O)c1)C(=O)O.O=C(O)C(Cc1ccc(O)cc1)NP(=O)(O)O. The van der Waals surface area contributed by atoms with Crippen molar-refractivity contribution in [3.05, 3.63) is 53.6 Å². The molecule has 0 aliphatic carbocycles.